The van der Waals surface area contributed by atoms with Crippen LogP contribution in [0.2, 0.25) is 5.02 Å². The minimum Gasteiger partial charge on any atom is -0.489 e. The number of ether oxygens (including phenoxy) is 4. The predicted octanol–water partition coefficient (Wildman–Crippen LogP) is 2.04. The normalized spacial score (nSPS) is 24.9. The zero-order chi connectivity index (χ0) is 23.4. The number of aliphatic hydroxyl groups is 1. The van der Waals surface area contributed by atoms with E-state index in [0.29, 0.717) is 63.0 Å². The Morgan fingerprint density at radius 2 is 2.00 bits per heavy atom. The summed E-state index contributed by atoms with van der Waals surface area (Å²) in [6, 6.07) is 1.52. The maximum atomic E-state index is 12.9. The molecular weight excluding hydrogens is 450 g/mol. The fourth-order valence-corrected chi connectivity index (χ4v) is 4.81. The summed E-state index contributed by atoms with van der Waals surface area (Å²) in [6.07, 6.45) is 2.75. The molecule has 0 saturated carbocycles. The molecular formula is C23H34ClN3O6. The number of nitrogens with two attached hydrogens (primary N) is 1. The van der Waals surface area contributed by atoms with Crippen molar-refractivity contribution in [3.05, 3.63) is 16.7 Å². The number of rotatable bonds is 7. The molecule has 2 saturated heterocycles. The van der Waals surface area contributed by atoms with E-state index in [0.717, 1.165) is 32.4 Å². The summed E-state index contributed by atoms with van der Waals surface area (Å²) in [5.41, 5.74) is 6.55. The van der Waals surface area contributed by atoms with E-state index in [9.17, 15) is 9.90 Å². The van der Waals surface area contributed by atoms with Gasteiger partial charge in [0, 0.05) is 31.8 Å². The van der Waals surface area contributed by atoms with Gasteiger partial charge in [-0.05, 0) is 38.9 Å². The van der Waals surface area contributed by atoms with Crippen molar-refractivity contribution in [3.63, 3.8) is 0 Å². The fraction of sp³-hybridized carbons (Fsp3) is 0.696. The average Bonchev–Trinajstić information content (AvgIpc) is 3.07. The van der Waals surface area contributed by atoms with Gasteiger partial charge in [0.2, 0.25) is 0 Å². The summed E-state index contributed by atoms with van der Waals surface area (Å²) >= 11 is 6.26. The summed E-state index contributed by atoms with van der Waals surface area (Å²) in [6.45, 7) is 6.86. The van der Waals surface area contributed by atoms with Gasteiger partial charge in [-0.3, -0.25) is 4.79 Å². The Morgan fingerprint density at radius 1 is 1.27 bits per heavy atom. The Morgan fingerprint density at radius 3 is 2.73 bits per heavy atom. The summed E-state index contributed by atoms with van der Waals surface area (Å²) in [5.74, 6) is -0.179. The quantitative estimate of drug-likeness (QED) is 0.505. The van der Waals surface area contributed by atoms with Crippen LogP contribution in [0.1, 0.15) is 43.0 Å². The highest BCUT2D eigenvalue weighted by atomic mass is 35.5. The number of nitrogen functional groups attached to an aromatic ring is 1. The van der Waals surface area contributed by atoms with Crippen LogP contribution in [-0.2, 0) is 9.47 Å². The Hall–Kier alpha value is -1.78. The highest BCUT2D eigenvalue weighted by molar-refractivity contribution is 6.35. The molecule has 4 rings (SSSR count). The van der Waals surface area contributed by atoms with E-state index in [1.165, 1.54) is 6.07 Å². The zero-order valence-corrected chi connectivity index (χ0v) is 19.9. The van der Waals surface area contributed by atoms with Crippen LogP contribution in [0.25, 0.3) is 0 Å². The number of β-amino-alcohol motifs (C(OH)–C–C–N with tert-alkyl or cyclic N) is 1. The Labute approximate surface area is 199 Å². The molecule has 2 fully saturated rings. The molecule has 1 unspecified atom stereocenters. The van der Waals surface area contributed by atoms with Crippen molar-refractivity contribution in [2.45, 2.75) is 44.5 Å². The van der Waals surface area contributed by atoms with E-state index in [-0.39, 0.29) is 22.5 Å². The molecule has 0 aromatic heterocycles. The lowest BCUT2D eigenvalue weighted by Crippen LogP contribution is -2.48. The third-order valence-electron chi connectivity index (χ3n) is 6.56. The monoisotopic (exact) mass is 483 g/mol. The molecule has 1 aromatic carbocycles. The number of fused-ring (bicyclic) bond motifs is 1. The molecule has 9 nitrogen and oxygen atoms in total. The zero-order valence-electron chi connectivity index (χ0n) is 19.1. The number of piperidine rings is 1. The van der Waals surface area contributed by atoms with E-state index in [2.05, 4.69) is 10.2 Å². The number of likely N-dealkylation sites (tertiary alicyclic amines) is 1. The van der Waals surface area contributed by atoms with Crippen molar-refractivity contribution in [2.24, 2.45) is 5.92 Å². The van der Waals surface area contributed by atoms with Crippen molar-refractivity contribution in [1.29, 1.82) is 0 Å². The van der Waals surface area contributed by atoms with Crippen molar-refractivity contribution in [2.75, 3.05) is 58.3 Å². The number of hydrogen-bond donors (Lipinski definition) is 3. The van der Waals surface area contributed by atoms with Gasteiger partial charge in [-0.1, -0.05) is 11.6 Å². The summed E-state index contributed by atoms with van der Waals surface area (Å²) in [7, 11) is 0. The van der Waals surface area contributed by atoms with Crippen molar-refractivity contribution in [3.8, 4) is 11.5 Å². The highest BCUT2D eigenvalue weighted by Crippen LogP contribution is 2.43. The lowest BCUT2D eigenvalue weighted by molar-refractivity contribution is -0.148. The second kappa shape index (κ2) is 10.7. The molecule has 10 heteroatoms. The van der Waals surface area contributed by atoms with Crippen LogP contribution in [0, 0.1) is 5.92 Å². The first-order valence-electron chi connectivity index (χ1n) is 11.7. The molecule has 0 radical (unpaired) electrons. The molecule has 1 aromatic rings. The largest absolute Gasteiger partial charge is 0.489 e. The number of nitrogens with one attached hydrogen (secondary N) is 1. The third kappa shape index (κ3) is 5.84. The van der Waals surface area contributed by atoms with E-state index in [1.807, 2.05) is 6.92 Å². The van der Waals surface area contributed by atoms with Gasteiger partial charge < -0.3 is 40.0 Å². The minimum atomic E-state index is -0.513. The van der Waals surface area contributed by atoms with Gasteiger partial charge in [0.1, 0.15) is 5.02 Å². The molecule has 184 valence electrons. The molecule has 3 aliphatic heterocycles. The Bertz CT molecular complexity index is 848. The van der Waals surface area contributed by atoms with Crippen molar-refractivity contribution in [1.82, 2.24) is 10.2 Å². The number of anilines is 1. The number of hydrogen-bond acceptors (Lipinski definition) is 8. The Balaban J connectivity index is 1.28. The van der Waals surface area contributed by atoms with E-state index in [1.54, 1.807) is 0 Å². The van der Waals surface area contributed by atoms with E-state index < -0.39 is 11.9 Å². The first-order chi connectivity index (χ1) is 15.9. The summed E-state index contributed by atoms with van der Waals surface area (Å²) in [4.78, 5) is 15.2. The van der Waals surface area contributed by atoms with Crippen LogP contribution >= 0.6 is 11.6 Å². The number of amides is 1. The molecule has 3 heterocycles. The van der Waals surface area contributed by atoms with Crippen LogP contribution in [0.15, 0.2) is 6.07 Å². The van der Waals surface area contributed by atoms with Crippen LogP contribution in [-0.4, -0.2) is 80.4 Å². The number of benzene rings is 1. The Kier molecular flexibility index (Phi) is 7.86. The smallest absolute Gasteiger partial charge is 0.255 e. The predicted molar refractivity (Wildman–Crippen MR) is 124 cm³/mol. The maximum Gasteiger partial charge on any atom is 0.255 e. The third-order valence-corrected chi connectivity index (χ3v) is 6.95. The van der Waals surface area contributed by atoms with Gasteiger partial charge in [0.25, 0.3) is 5.91 Å². The van der Waals surface area contributed by atoms with Crippen LogP contribution in [0.4, 0.5) is 5.69 Å². The summed E-state index contributed by atoms with van der Waals surface area (Å²) < 4.78 is 22.7. The molecule has 3 aliphatic rings. The number of halogens is 1. The molecule has 0 bridgehead atoms. The van der Waals surface area contributed by atoms with E-state index >= 15 is 0 Å². The van der Waals surface area contributed by atoms with Crippen molar-refractivity contribution >= 4 is 23.2 Å². The van der Waals surface area contributed by atoms with Crippen molar-refractivity contribution < 1.29 is 28.8 Å². The number of nitrogens with zero attached hydrogens (tertiary/aromatic N) is 1. The lowest BCUT2D eigenvalue weighted by Gasteiger charge is -2.36. The highest BCUT2D eigenvalue weighted by Gasteiger charge is 2.32. The molecule has 33 heavy (non-hydrogen) atoms. The summed E-state index contributed by atoms with van der Waals surface area (Å²) in [5, 5.41) is 13.9. The molecule has 0 aliphatic carbocycles. The van der Waals surface area contributed by atoms with Gasteiger partial charge in [-0.2, -0.15) is 0 Å². The molecule has 0 spiro atoms. The molecule has 1 amide bonds. The maximum absolute atomic E-state index is 12.9. The average molecular weight is 484 g/mol. The number of aliphatic hydroxyl groups excluding tert-OH is 1. The van der Waals surface area contributed by atoms with Crippen LogP contribution in [0.5, 0.6) is 11.5 Å². The van der Waals surface area contributed by atoms with Crippen LogP contribution in [0.3, 0.4) is 0 Å². The van der Waals surface area contributed by atoms with Gasteiger partial charge in [-0.15, -0.1) is 0 Å². The van der Waals surface area contributed by atoms with Gasteiger partial charge in [0.05, 0.1) is 43.8 Å². The van der Waals surface area contributed by atoms with Gasteiger partial charge in [-0.25, -0.2) is 0 Å². The van der Waals surface area contributed by atoms with Crippen LogP contribution < -0.4 is 20.5 Å². The van der Waals surface area contributed by atoms with Gasteiger partial charge in [0.15, 0.2) is 17.3 Å². The molecule has 4 N–H and O–H groups in total. The number of carbonyl (C=O) groups excluding carboxylic acids is 1. The SMILES string of the molecule is CC1(CCCN2CC[C@@H](CNC(=O)c3cc(N)c(Cl)c4c3OCCCO4)C(O)C2)OCCO1. The lowest BCUT2D eigenvalue weighted by atomic mass is 9.93. The first kappa shape index (κ1) is 24.3. The van der Waals surface area contributed by atoms with E-state index in [4.69, 9.17) is 36.3 Å². The first-order valence-corrected chi connectivity index (χ1v) is 12.1. The fourth-order valence-electron chi connectivity index (χ4n) is 4.62. The number of carbonyl (C=O) groups is 1. The second-order valence-electron chi connectivity index (χ2n) is 9.10. The van der Waals surface area contributed by atoms with Gasteiger partial charge >= 0.3 is 0 Å². The standard InChI is InChI=1S/C23H34ClN3O6/c1-23(32-10-11-33-23)5-2-6-27-7-4-15(18(28)14-27)13-26-22(29)16-12-17(25)19(24)21-20(16)30-8-3-9-31-21/h12,15,18,28H,2-11,13-14,25H2,1H3,(H,26,29)/t15-,18?/m0/s1. The topological polar surface area (TPSA) is 116 Å². The molecule has 2 atom stereocenters. The second-order valence-corrected chi connectivity index (χ2v) is 9.48. The minimum absolute atomic E-state index is 0.0235.